The molecule has 2 aliphatic heterocycles. The Balaban J connectivity index is 1.30. The molecule has 7 nitrogen and oxygen atoms in total. The first-order chi connectivity index (χ1) is 13.2. The highest BCUT2D eigenvalue weighted by molar-refractivity contribution is 5.94. The van der Waals surface area contributed by atoms with E-state index in [4.69, 9.17) is 4.74 Å². The Hall–Kier alpha value is -2.38. The van der Waals surface area contributed by atoms with Crippen LogP contribution in [0.1, 0.15) is 28.9 Å². The molecule has 0 aromatic carbocycles. The second kappa shape index (κ2) is 7.70. The SMILES string of the molecule is CN1CCC(COCc2ccccn2)CC12CN(C(=O)c1ccnnc1)C2. The molecular weight excluding hydrogens is 342 g/mol. The van der Waals surface area contributed by atoms with Gasteiger partial charge in [0.2, 0.25) is 0 Å². The summed E-state index contributed by atoms with van der Waals surface area (Å²) >= 11 is 0. The lowest BCUT2D eigenvalue weighted by molar-refractivity contribution is -0.0769. The predicted molar refractivity (Wildman–Crippen MR) is 99.9 cm³/mol. The van der Waals surface area contributed by atoms with E-state index < -0.39 is 0 Å². The van der Waals surface area contributed by atoms with E-state index in [-0.39, 0.29) is 11.4 Å². The quantitative estimate of drug-likeness (QED) is 0.800. The third kappa shape index (κ3) is 3.84. The van der Waals surface area contributed by atoms with Crippen molar-refractivity contribution in [3.05, 3.63) is 54.1 Å². The van der Waals surface area contributed by atoms with Gasteiger partial charge in [-0.3, -0.25) is 14.7 Å². The van der Waals surface area contributed by atoms with Gasteiger partial charge in [-0.25, -0.2) is 0 Å². The number of piperidine rings is 1. The number of pyridine rings is 1. The first-order valence-electron chi connectivity index (χ1n) is 9.41. The van der Waals surface area contributed by atoms with Crippen molar-refractivity contribution in [2.75, 3.05) is 33.3 Å². The van der Waals surface area contributed by atoms with Crippen LogP contribution in [0.25, 0.3) is 0 Å². The molecule has 0 saturated carbocycles. The number of rotatable bonds is 5. The summed E-state index contributed by atoms with van der Waals surface area (Å²) in [6, 6.07) is 7.60. The fraction of sp³-hybridized carbons (Fsp3) is 0.500. The van der Waals surface area contributed by atoms with E-state index in [1.54, 1.807) is 18.5 Å². The van der Waals surface area contributed by atoms with E-state index in [1.807, 2.05) is 23.1 Å². The van der Waals surface area contributed by atoms with Crippen molar-refractivity contribution in [2.24, 2.45) is 5.92 Å². The average Bonchev–Trinajstić information content (AvgIpc) is 2.68. The molecule has 4 rings (SSSR count). The summed E-state index contributed by atoms with van der Waals surface area (Å²) in [5.74, 6) is 0.558. The standard InChI is InChI=1S/C20H25N5O2/c1-24-9-6-16(12-27-13-18-4-2-3-7-21-18)10-20(24)14-25(15-20)19(26)17-5-8-22-23-11-17/h2-5,7-8,11,16H,6,9-10,12-15H2,1H3. The van der Waals surface area contributed by atoms with E-state index in [9.17, 15) is 4.79 Å². The van der Waals surface area contributed by atoms with Crippen molar-refractivity contribution in [1.82, 2.24) is 25.0 Å². The van der Waals surface area contributed by atoms with Gasteiger partial charge in [0, 0.05) is 19.3 Å². The van der Waals surface area contributed by atoms with Gasteiger partial charge < -0.3 is 9.64 Å². The molecule has 1 atom stereocenters. The Morgan fingerprint density at radius 2 is 2.15 bits per heavy atom. The van der Waals surface area contributed by atoms with Crippen LogP contribution < -0.4 is 0 Å². The fourth-order valence-electron chi connectivity index (χ4n) is 4.14. The van der Waals surface area contributed by atoms with Crippen molar-refractivity contribution < 1.29 is 9.53 Å². The minimum atomic E-state index is 0.0393. The maximum atomic E-state index is 12.6. The van der Waals surface area contributed by atoms with Crippen LogP contribution in [0.2, 0.25) is 0 Å². The summed E-state index contributed by atoms with van der Waals surface area (Å²) in [6.07, 6.45) is 7.07. The van der Waals surface area contributed by atoms with Gasteiger partial charge in [0.05, 0.1) is 42.4 Å². The zero-order valence-electron chi connectivity index (χ0n) is 15.6. The normalized spacial score (nSPS) is 21.8. The number of hydrogen-bond acceptors (Lipinski definition) is 6. The Bertz CT molecular complexity index is 764. The van der Waals surface area contributed by atoms with Crippen LogP contribution in [-0.4, -0.2) is 69.7 Å². The number of hydrogen-bond donors (Lipinski definition) is 0. The van der Waals surface area contributed by atoms with E-state index in [0.717, 1.165) is 44.8 Å². The minimum absolute atomic E-state index is 0.0393. The maximum absolute atomic E-state index is 12.6. The lowest BCUT2D eigenvalue weighted by atomic mass is 9.75. The van der Waals surface area contributed by atoms with Crippen LogP contribution in [0.4, 0.5) is 0 Å². The van der Waals surface area contributed by atoms with Crippen LogP contribution in [0.15, 0.2) is 42.9 Å². The lowest BCUT2D eigenvalue weighted by Crippen LogP contribution is -2.72. The summed E-state index contributed by atoms with van der Waals surface area (Å²) in [5, 5.41) is 7.55. The lowest BCUT2D eigenvalue weighted by Gasteiger charge is -2.58. The first-order valence-corrected chi connectivity index (χ1v) is 9.41. The van der Waals surface area contributed by atoms with Gasteiger partial charge >= 0.3 is 0 Å². The van der Waals surface area contributed by atoms with E-state index in [2.05, 4.69) is 27.1 Å². The zero-order chi connectivity index (χ0) is 18.7. The van der Waals surface area contributed by atoms with Crippen molar-refractivity contribution in [2.45, 2.75) is 25.0 Å². The largest absolute Gasteiger partial charge is 0.375 e. The van der Waals surface area contributed by atoms with Gasteiger partial charge in [-0.15, -0.1) is 0 Å². The molecule has 0 aliphatic carbocycles. The number of aromatic nitrogens is 3. The summed E-state index contributed by atoms with van der Waals surface area (Å²) in [4.78, 5) is 21.2. The number of ether oxygens (including phenoxy) is 1. The van der Waals surface area contributed by atoms with Gasteiger partial charge in [-0.05, 0) is 50.6 Å². The molecule has 0 radical (unpaired) electrons. The second-order valence-electron chi connectivity index (χ2n) is 7.63. The molecule has 142 valence electrons. The topological polar surface area (TPSA) is 71.5 Å². The predicted octanol–water partition coefficient (Wildman–Crippen LogP) is 1.62. The summed E-state index contributed by atoms with van der Waals surface area (Å²) in [5.41, 5.74) is 1.65. The Kier molecular flexibility index (Phi) is 5.13. The highest BCUT2D eigenvalue weighted by atomic mass is 16.5. The second-order valence-corrected chi connectivity index (χ2v) is 7.63. The number of nitrogens with zero attached hydrogens (tertiary/aromatic N) is 5. The first kappa shape index (κ1) is 18.0. The Morgan fingerprint density at radius 3 is 2.89 bits per heavy atom. The van der Waals surface area contributed by atoms with Gasteiger partial charge in [0.1, 0.15) is 0 Å². The Labute approximate surface area is 159 Å². The maximum Gasteiger partial charge on any atom is 0.255 e. The third-order valence-corrected chi connectivity index (χ3v) is 5.77. The van der Waals surface area contributed by atoms with Crippen LogP contribution in [-0.2, 0) is 11.3 Å². The van der Waals surface area contributed by atoms with Gasteiger partial charge in [-0.2, -0.15) is 10.2 Å². The monoisotopic (exact) mass is 367 g/mol. The number of carbonyl (C=O) groups is 1. The van der Waals surface area contributed by atoms with Crippen LogP contribution >= 0.6 is 0 Å². The molecule has 4 heterocycles. The highest BCUT2D eigenvalue weighted by Gasteiger charge is 2.51. The molecule has 2 aliphatic rings. The number of carbonyl (C=O) groups excluding carboxylic acids is 1. The smallest absolute Gasteiger partial charge is 0.255 e. The van der Waals surface area contributed by atoms with E-state index >= 15 is 0 Å². The molecule has 0 N–H and O–H groups in total. The molecular formula is C20H25N5O2. The number of likely N-dealkylation sites (N-methyl/N-ethyl adjacent to an activating group) is 1. The molecule has 2 saturated heterocycles. The molecule has 27 heavy (non-hydrogen) atoms. The zero-order valence-corrected chi connectivity index (χ0v) is 15.6. The molecule has 2 aromatic heterocycles. The molecule has 1 amide bonds. The Morgan fingerprint density at radius 1 is 1.26 bits per heavy atom. The third-order valence-electron chi connectivity index (χ3n) is 5.77. The molecule has 2 fully saturated rings. The van der Waals surface area contributed by atoms with Gasteiger partial charge in [0.15, 0.2) is 0 Å². The van der Waals surface area contributed by atoms with Gasteiger partial charge in [0.25, 0.3) is 5.91 Å². The van der Waals surface area contributed by atoms with Crippen LogP contribution in [0.5, 0.6) is 0 Å². The molecule has 1 spiro atoms. The summed E-state index contributed by atoms with van der Waals surface area (Å²) in [7, 11) is 2.17. The van der Waals surface area contributed by atoms with E-state index in [1.165, 1.54) is 6.20 Å². The molecule has 2 aromatic rings. The van der Waals surface area contributed by atoms with Crippen molar-refractivity contribution in [3.63, 3.8) is 0 Å². The van der Waals surface area contributed by atoms with Gasteiger partial charge in [-0.1, -0.05) is 6.07 Å². The van der Waals surface area contributed by atoms with Crippen molar-refractivity contribution in [1.29, 1.82) is 0 Å². The molecule has 0 bridgehead atoms. The van der Waals surface area contributed by atoms with Crippen LogP contribution in [0, 0.1) is 5.92 Å². The number of likely N-dealkylation sites (tertiary alicyclic amines) is 2. The summed E-state index contributed by atoms with van der Waals surface area (Å²) < 4.78 is 5.92. The van der Waals surface area contributed by atoms with E-state index in [0.29, 0.717) is 18.1 Å². The minimum Gasteiger partial charge on any atom is -0.375 e. The fourth-order valence-corrected chi connectivity index (χ4v) is 4.14. The highest BCUT2D eigenvalue weighted by Crippen LogP contribution is 2.38. The molecule has 1 unspecified atom stereocenters. The molecule has 7 heteroatoms. The average molecular weight is 367 g/mol. The van der Waals surface area contributed by atoms with Crippen LogP contribution in [0.3, 0.4) is 0 Å². The summed E-state index contributed by atoms with van der Waals surface area (Å²) in [6.45, 7) is 3.87. The van der Waals surface area contributed by atoms with Crippen molar-refractivity contribution in [3.8, 4) is 0 Å². The number of amides is 1. The van der Waals surface area contributed by atoms with Crippen molar-refractivity contribution >= 4 is 5.91 Å².